The molecule has 6 nitrogen and oxygen atoms in total. The van der Waals surface area contributed by atoms with Gasteiger partial charge in [-0.25, -0.2) is 4.98 Å². The van der Waals surface area contributed by atoms with E-state index in [1.807, 2.05) is 30.3 Å². The van der Waals surface area contributed by atoms with Crippen LogP contribution in [0.25, 0.3) is 22.3 Å². The third-order valence-corrected chi connectivity index (χ3v) is 6.08. The molecule has 33 heavy (non-hydrogen) atoms. The molecule has 0 bridgehead atoms. The topological polar surface area (TPSA) is 86.3 Å². The van der Waals surface area contributed by atoms with Gasteiger partial charge in [0.1, 0.15) is 11.3 Å². The molecule has 0 radical (unpaired) electrons. The first-order valence-electron chi connectivity index (χ1n) is 10.3. The van der Waals surface area contributed by atoms with E-state index >= 15 is 0 Å². The highest BCUT2D eigenvalue weighted by Gasteiger charge is 2.57. The molecule has 1 aromatic carbocycles. The summed E-state index contributed by atoms with van der Waals surface area (Å²) in [5, 5.41) is 0. The molecule has 1 atom stereocenters. The van der Waals surface area contributed by atoms with Crippen molar-refractivity contribution in [2.75, 3.05) is 0 Å². The maximum Gasteiger partial charge on any atom is 0.306 e. The summed E-state index contributed by atoms with van der Waals surface area (Å²) in [7, 11) is 0. The first-order valence-corrected chi connectivity index (χ1v) is 10.3. The Bertz CT molecular complexity index is 1320. The second kappa shape index (κ2) is 6.90. The van der Waals surface area contributed by atoms with E-state index in [1.165, 1.54) is 0 Å². The first-order chi connectivity index (χ1) is 16.0. The van der Waals surface area contributed by atoms with Crippen molar-refractivity contribution in [3.05, 3.63) is 90.6 Å². The van der Waals surface area contributed by atoms with Crippen LogP contribution in [-0.4, -0.2) is 26.7 Å². The average Bonchev–Trinajstić information content (AvgIpc) is 3.09. The van der Waals surface area contributed by atoms with Crippen molar-refractivity contribution in [1.29, 1.82) is 0 Å². The average molecular weight is 441 g/mol. The zero-order valence-corrected chi connectivity index (χ0v) is 17.2. The normalized spacial score (nSPS) is 20.0. The van der Waals surface area contributed by atoms with E-state index in [2.05, 4.69) is 19.9 Å². The lowest BCUT2D eigenvalue weighted by Crippen LogP contribution is -2.34. The standard InChI is InChI=1S/C25H17F2N5O/c26-25(27)14-24(32-23(25)28)19-9-15(16-3-1-7-29-11-16)5-6-21(19)33-22-20(24)10-18(13-31-22)17-4-2-8-30-12-17/h1-13H,14H2,(H2,28,32)/t24-/m0/s1. The third kappa shape index (κ3) is 2.98. The van der Waals surface area contributed by atoms with Crippen LogP contribution in [-0.2, 0) is 5.54 Å². The number of rotatable bonds is 2. The van der Waals surface area contributed by atoms with Gasteiger partial charge in [-0.1, -0.05) is 18.2 Å². The van der Waals surface area contributed by atoms with E-state index in [0.29, 0.717) is 16.9 Å². The summed E-state index contributed by atoms with van der Waals surface area (Å²) >= 11 is 0. The molecule has 0 fully saturated rings. The Labute approximate surface area is 187 Å². The van der Waals surface area contributed by atoms with Gasteiger partial charge in [0, 0.05) is 58.8 Å². The zero-order valence-electron chi connectivity index (χ0n) is 17.2. The van der Waals surface area contributed by atoms with Gasteiger partial charge in [-0.05, 0) is 35.9 Å². The van der Waals surface area contributed by atoms with Gasteiger partial charge in [-0.2, -0.15) is 8.78 Å². The zero-order chi connectivity index (χ0) is 22.6. The summed E-state index contributed by atoms with van der Waals surface area (Å²) in [6.45, 7) is 0. The molecule has 0 saturated carbocycles. The minimum absolute atomic E-state index is 0.235. The Hall–Kier alpha value is -4.20. The number of hydrogen-bond donors (Lipinski definition) is 1. The SMILES string of the molecule is NC1=N[C@@]2(CC1(F)F)c1cc(-c3cccnc3)ccc1Oc1ncc(-c3cccnc3)cc12. The van der Waals surface area contributed by atoms with Crippen LogP contribution in [0.1, 0.15) is 17.5 Å². The number of aromatic nitrogens is 3. The number of hydrogen-bond acceptors (Lipinski definition) is 6. The van der Waals surface area contributed by atoms with Crippen molar-refractivity contribution in [2.24, 2.45) is 10.7 Å². The Kier molecular flexibility index (Phi) is 4.07. The van der Waals surface area contributed by atoms with E-state index in [9.17, 15) is 8.78 Å². The number of halogens is 2. The fourth-order valence-corrected chi connectivity index (χ4v) is 4.48. The van der Waals surface area contributed by atoms with Gasteiger partial charge in [0.2, 0.25) is 5.88 Å². The van der Waals surface area contributed by atoms with Gasteiger partial charge in [0.15, 0.2) is 5.84 Å². The summed E-state index contributed by atoms with van der Waals surface area (Å²) < 4.78 is 35.8. The number of ether oxygens (including phenoxy) is 1. The van der Waals surface area contributed by atoms with Gasteiger partial charge in [0.05, 0.1) is 6.42 Å². The third-order valence-electron chi connectivity index (χ3n) is 6.08. The number of nitrogens with two attached hydrogens (primary N) is 1. The van der Waals surface area contributed by atoms with Crippen LogP contribution in [0.15, 0.2) is 84.5 Å². The number of pyridine rings is 3. The predicted molar refractivity (Wildman–Crippen MR) is 119 cm³/mol. The van der Waals surface area contributed by atoms with Gasteiger partial charge in [-0.3, -0.25) is 15.0 Å². The molecule has 6 rings (SSSR count). The van der Waals surface area contributed by atoms with Gasteiger partial charge in [0.25, 0.3) is 0 Å². The minimum Gasteiger partial charge on any atom is -0.438 e. The highest BCUT2D eigenvalue weighted by Crippen LogP contribution is 2.56. The minimum atomic E-state index is -3.26. The first kappa shape index (κ1) is 19.5. The molecule has 2 aliphatic rings. The summed E-state index contributed by atoms with van der Waals surface area (Å²) in [5.74, 6) is -3.30. The smallest absolute Gasteiger partial charge is 0.306 e. The molecule has 0 unspecified atom stereocenters. The Morgan fingerprint density at radius 1 is 0.818 bits per heavy atom. The van der Waals surface area contributed by atoms with Gasteiger partial charge >= 0.3 is 5.92 Å². The second-order valence-electron chi connectivity index (χ2n) is 8.11. The summed E-state index contributed by atoms with van der Waals surface area (Å²) in [6.07, 6.45) is 7.78. The van der Waals surface area contributed by atoms with E-state index < -0.39 is 23.7 Å². The molecule has 0 amide bonds. The quantitative estimate of drug-likeness (QED) is 0.476. The van der Waals surface area contributed by atoms with E-state index in [-0.39, 0.29) is 5.88 Å². The van der Waals surface area contributed by atoms with Crippen molar-refractivity contribution >= 4 is 5.84 Å². The van der Waals surface area contributed by atoms with Crippen molar-refractivity contribution in [2.45, 2.75) is 17.9 Å². The summed E-state index contributed by atoms with van der Waals surface area (Å²) in [5.41, 5.74) is 8.47. The lowest BCUT2D eigenvalue weighted by Gasteiger charge is -2.35. The van der Waals surface area contributed by atoms with Crippen LogP contribution >= 0.6 is 0 Å². The van der Waals surface area contributed by atoms with Crippen molar-refractivity contribution in [1.82, 2.24) is 15.0 Å². The van der Waals surface area contributed by atoms with Crippen LogP contribution in [0.4, 0.5) is 8.78 Å². The Morgan fingerprint density at radius 3 is 2.15 bits per heavy atom. The number of amidine groups is 1. The molecule has 1 spiro atoms. The molecule has 0 aliphatic carbocycles. The number of benzene rings is 1. The molecular weight excluding hydrogens is 424 g/mol. The molecule has 2 N–H and O–H groups in total. The Balaban J connectivity index is 1.59. The lowest BCUT2D eigenvalue weighted by atomic mass is 9.77. The summed E-state index contributed by atoms with van der Waals surface area (Å²) in [6, 6.07) is 14.6. The summed E-state index contributed by atoms with van der Waals surface area (Å²) in [4.78, 5) is 17.1. The fourth-order valence-electron chi connectivity index (χ4n) is 4.48. The molecule has 5 heterocycles. The lowest BCUT2D eigenvalue weighted by molar-refractivity contribution is 0.0614. The van der Waals surface area contributed by atoms with E-state index in [1.54, 1.807) is 49.2 Å². The molecule has 162 valence electrons. The van der Waals surface area contributed by atoms with E-state index in [0.717, 1.165) is 22.3 Å². The maximum atomic E-state index is 14.9. The van der Waals surface area contributed by atoms with Crippen LogP contribution < -0.4 is 10.5 Å². The number of nitrogens with zero attached hydrogens (tertiary/aromatic N) is 4. The highest BCUT2D eigenvalue weighted by atomic mass is 19.3. The van der Waals surface area contributed by atoms with E-state index in [4.69, 9.17) is 10.5 Å². The number of alkyl halides is 2. The molecule has 3 aromatic heterocycles. The van der Waals surface area contributed by atoms with Crippen LogP contribution in [0.3, 0.4) is 0 Å². The van der Waals surface area contributed by atoms with Gasteiger partial charge < -0.3 is 10.5 Å². The molecule has 0 saturated heterocycles. The highest BCUT2D eigenvalue weighted by molar-refractivity contribution is 5.91. The predicted octanol–water partition coefficient (Wildman–Crippen LogP) is 4.95. The number of fused-ring (bicyclic) bond motifs is 4. The Morgan fingerprint density at radius 2 is 1.52 bits per heavy atom. The molecular formula is C25H17F2N5O. The molecule has 8 heteroatoms. The second-order valence-corrected chi connectivity index (χ2v) is 8.11. The monoisotopic (exact) mass is 441 g/mol. The van der Waals surface area contributed by atoms with Crippen LogP contribution in [0.2, 0.25) is 0 Å². The van der Waals surface area contributed by atoms with Gasteiger partial charge in [-0.15, -0.1) is 0 Å². The van der Waals surface area contributed by atoms with Crippen LogP contribution in [0, 0.1) is 0 Å². The maximum absolute atomic E-state index is 14.9. The van der Waals surface area contributed by atoms with Crippen LogP contribution in [0.5, 0.6) is 11.6 Å². The van der Waals surface area contributed by atoms with Crippen molar-refractivity contribution in [3.63, 3.8) is 0 Å². The molecule has 2 aliphatic heterocycles. The number of aliphatic imine (C=N–C) groups is 1. The fraction of sp³-hybridized carbons (Fsp3) is 0.120. The van der Waals surface area contributed by atoms with Crippen molar-refractivity contribution in [3.8, 4) is 33.9 Å². The molecule has 4 aromatic rings. The largest absolute Gasteiger partial charge is 0.438 e. The van der Waals surface area contributed by atoms with Crippen molar-refractivity contribution < 1.29 is 13.5 Å².